The lowest BCUT2D eigenvalue weighted by atomic mass is 9.97. The van der Waals surface area contributed by atoms with Crippen LogP contribution in [-0.4, -0.2) is 0 Å². The quantitative estimate of drug-likeness (QED) is 0.152. The zero-order valence-electron chi connectivity index (χ0n) is 38.2. The van der Waals surface area contributed by atoms with Crippen molar-refractivity contribution in [3.63, 3.8) is 0 Å². The van der Waals surface area contributed by atoms with Gasteiger partial charge in [0.2, 0.25) is 0 Å². The molecule has 14 rings (SSSR count). The Labute approximate surface area is 404 Å². The summed E-state index contributed by atoms with van der Waals surface area (Å²) < 4.78 is 14.1. The molecule has 0 amide bonds. The number of nitrogens with zero attached hydrogens (tertiary/aromatic N) is 2. The van der Waals surface area contributed by atoms with Gasteiger partial charge in [0, 0.05) is 67.8 Å². The molecule has 0 unspecified atom stereocenters. The molecule has 0 aliphatic heterocycles. The lowest BCUT2D eigenvalue weighted by Gasteiger charge is -2.29. The van der Waals surface area contributed by atoms with Crippen LogP contribution in [0, 0.1) is 0 Å². The van der Waals surface area contributed by atoms with Crippen molar-refractivity contribution in [2.24, 2.45) is 0 Å². The Morgan fingerprint density at radius 3 is 1.31 bits per heavy atom. The highest BCUT2D eigenvalue weighted by Crippen LogP contribution is 2.48. The number of hydrogen-bond acceptors (Lipinski definition) is 4. The van der Waals surface area contributed by atoms with E-state index in [1.807, 2.05) is 0 Å². The van der Waals surface area contributed by atoms with Gasteiger partial charge in [-0.25, -0.2) is 0 Å². The topological polar surface area (TPSA) is 32.8 Å². The minimum absolute atomic E-state index is 0.755. The van der Waals surface area contributed by atoms with E-state index in [1.54, 1.807) is 0 Å². The summed E-state index contributed by atoms with van der Waals surface area (Å²) in [6, 6.07) is 80.7. The summed E-state index contributed by atoms with van der Waals surface area (Å²) in [5.41, 5.74) is 14.5. The van der Waals surface area contributed by atoms with Crippen molar-refractivity contribution in [2.75, 3.05) is 9.80 Å². The van der Waals surface area contributed by atoms with Crippen LogP contribution in [0.5, 0.6) is 0 Å². The summed E-state index contributed by atoms with van der Waals surface area (Å²) >= 11 is 0. The Morgan fingerprint density at radius 1 is 0.343 bits per heavy atom. The Hall–Kier alpha value is -9.12. The van der Waals surface area contributed by atoms with Crippen LogP contribution >= 0.6 is 0 Å². The molecule has 0 radical (unpaired) electrons. The van der Waals surface area contributed by atoms with Gasteiger partial charge in [0.25, 0.3) is 0 Å². The van der Waals surface area contributed by atoms with E-state index in [0.29, 0.717) is 0 Å². The molecule has 0 N–H and O–H groups in total. The molecular formula is C66H44N2O2. The average Bonchev–Trinajstić information content (AvgIpc) is 4.01. The summed E-state index contributed by atoms with van der Waals surface area (Å²) in [5.74, 6) is 0. The summed E-state index contributed by atoms with van der Waals surface area (Å²) in [6.07, 6.45) is 8.58. The van der Waals surface area contributed by atoms with E-state index >= 15 is 0 Å². The molecule has 0 bridgehead atoms. The van der Waals surface area contributed by atoms with Crippen molar-refractivity contribution in [2.45, 2.75) is 12.8 Å². The van der Waals surface area contributed by atoms with Crippen molar-refractivity contribution in [1.29, 1.82) is 0 Å². The molecule has 0 saturated carbocycles. The zero-order valence-corrected chi connectivity index (χ0v) is 38.2. The summed E-state index contributed by atoms with van der Waals surface area (Å²) in [7, 11) is 0. The van der Waals surface area contributed by atoms with E-state index in [2.05, 4.69) is 252 Å². The van der Waals surface area contributed by atoms with Crippen LogP contribution in [0.3, 0.4) is 0 Å². The maximum atomic E-state index is 7.06. The first-order valence-electron chi connectivity index (χ1n) is 24.1. The van der Waals surface area contributed by atoms with Gasteiger partial charge in [-0.15, -0.1) is 0 Å². The van der Waals surface area contributed by atoms with Gasteiger partial charge in [0.1, 0.15) is 11.2 Å². The molecule has 0 spiro atoms. The predicted octanol–water partition coefficient (Wildman–Crippen LogP) is 19.1. The normalized spacial score (nSPS) is 12.8. The minimum atomic E-state index is 0.755. The van der Waals surface area contributed by atoms with Gasteiger partial charge in [-0.05, 0) is 134 Å². The highest BCUT2D eigenvalue weighted by atomic mass is 16.4. The fraction of sp³-hybridized carbons (Fsp3) is 0.0303. The number of rotatable bonds is 8. The molecule has 1 aliphatic carbocycles. The van der Waals surface area contributed by atoms with Gasteiger partial charge >= 0.3 is 0 Å². The lowest BCUT2D eigenvalue weighted by Crippen LogP contribution is -2.17. The molecule has 4 nitrogen and oxygen atoms in total. The van der Waals surface area contributed by atoms with Crippen molar-refractivity contribution >= 4 is 105 Å². The first-order chi connectivity index (χ1) is 34.7. The third-order valence-electron chi connectivity index (χ3n) is 14.3. The Balaban J connectivity index is 0.889. The lowest BCUT2D eigenvalue weighted by molar-refractivity contribution is 0.633. The summed E-state index contributed by atoms with van der Waals surface area (Å²) in [4.78, 5) is 4.69. The van der Waals surface area contributed by atoms with Crippen molar-refractivity contribution < 1.29 is 8.83 Å². The smallest absolute Gasteiger partial charge is 0.179 e. The predicted molar refractivity (Wildman–Crippen MR) is 294 cm³/mol. The maximum Gasteiger partial charge on any atom is 0.179 e. The first-order valence-corrected chi connectivity index (χ1v) is 24.1. The van der Waals surface area contributed by atoms with Crippen LogP contribution in [0.2, 0.25) is 0 Å². The number of allylic oxidation sites excluding steroid dienone is 4. The van der Waals surface area contributed by atoms with Gasteiger partial charge < -0.3 is 18.6 Å². The molecule has 13 aromatic rings. The Morgan fingerprint density at radius 2 is 0.786 bits per heavy atom. The second-order valence-corrected chi connectivity index (χ2v) is 18.3. The maximum absolute atomic E-state index is 7.06. The molecule has 0 atom stereocenters. The molecule has 0 saturated heterocycles. The van der Waals surface area contributed by atoms with Crippen LogP contribution in [0.1, 0.15) is 12.8 Å². The second-order valence-electron chi connectivity index (χ2n) is 18.3. The molecule has 0 fully saturated rings. The van der Waals surface area contributed by atoms with Gasteiger partial charge in [-0.1, -0.05) is 164 Å². The molecule has 70 heavy (non-hydrogen) atoms. The molecule has 1 aliphatic rings. The van der Waals surface area contributed by atoms with E-state index < -0.39 is 0 Å². The highest BCUT2D eigenvalue weighted by Gasteiger charge is 2.24. The molecular weight excluding hydrogens is 853 g/mol. The van der Waals surface area contributed by atoms with Crippen LogP contribution in [-0.2, 0) is 0 Å². The fourth-order valence-electron chi connectivity index (χ4n) is 11.0. The summed E-state index contributed by atoms with van der Waals surface area (Å²) in [5, 5.41) is 11.5. The highest BCUT2D eigenvalue weighted by molar-refractivity contribution is 6.33. The molecule has 2 aromatic heterocycles. The van der Waals surface area contributed by atoms with Crippen LogP contribution in [0.4, 0.5) is 28.4 Å². The molecule has 330 valence electrons. The number of anilines is 5. The van der Waals surface area contributed by atoms with E-state index in [-0.39, 0.29) is 0 Å². The molecule has 11 aromatic carbocycles. The van der Waals surface area contributed by atoms with E-state index in [1.165, 1.54) is 49.5 Å². The number of para-hydroxylation sites is 1. The van der Waals surface area contributed by atoms with E-state index in [4.69, 9.17) is 8.83 Å². The van der Waals surface area contributed by atoms with Gasteiger partial charge in [0.05, 0.1) is 0 Å². The molecule has 4 heteroatoms. The minimum Gasteiger partial charge on any atom is -0.452 e. The van der Waals surface area contributed by atoms with E-state index in [0.717, 1.165) is 95.9 Å². The number of furan rings is 2. The van der Waals surface area contributed by atoms with Gasteiger partial charge in [0.15, 0.2) is 11.2 Å². The van der Waals surface area contributed by atoms with Gasteiger partial charge in [-0.3, -0.25) is 0 Å². The van der Waals surface area contributed by atoms with Crippen molar-refractivity contribution in [3.8, 4) is 22.3 Å². The number of hydrogen-bond donors (Lipinski definition) is 0. The third kappa shape index (κ3) is 6.52. The fourth-order valence-corrected chi connectivity index (χ4v) is 11.0. The van der Waals surface area contributed by atoms with Crippen molar-refractivity contribution in [3.05, 3.63) is 248 Å². The summed E-state index contributed by atoms with van der Waals surface area (Å²) in [6.45, 7) is 0. The number of benzene rings is 11. The standard InChI is InChI=1S/C66H44N2O2/c1-3-19-47(20-4-1)67(49-33-29-45(30-34-49)55-27-13-17-43-15-7-9-23-53(43)55)51-37-39-59-61(41-51)69-65-63(59)57-25-11-12-26-58(57)64-60-40-38-52(42-62(60)70-66(64)65)68(48-21-5-2-6-22-48)50-35-31-46(32-36-50)56-28-14-18-44-16-8-10-24-54(44)56/h1-5,7-21,23-42H,6,22H2. The van der Waals surface area contributed by atoms with E-state index in [9.17, 15) is 0 Å². The SMILES string of the molecule is C1=CCCC(N(c2ccc(-c3cccc4ccccc34)cc2)c2ccc3c(c2)oc2c4oc5cc(N(c6ccccc6)c6ccc(-c7cccc8ccccc78)cc6)ccc5c4c4ccccc4c32)=C1. The third-order valence-corrected chi connectivity index (χ3v) is 14.3. The van der Waals surface area contributed by atoms with Crippen LogP contribution < -0.4 is 9.80 Å². The Kier molecular flexibility index (Phi) is 9.31. The monoisotopic (exact) mass is 896 g/mol. The first kappa shape index (κ1) is 40.0. The zero-order chi connectivity index (χ0) is 46.1. The van der Waals surface area contributed by atoms with Crippen LogP contribution in [0.15, 0.2) is 257 Å². The largest absolute Gasteiger partial charge is 0.452 e. The Bertz CT molecular complexity index is 4220. The molecule has 2 heterocycles. The van der Waals surface area contributed by atoms with Crippen LogP contribution in [0.25, 0.3) is 98.4 Å². The second kappa shape index (κ2) is 16.3. The van der Waals surface area contributed by atoms with Crippen molar-refractivity contribution in [1.82, 2.24) is 0 Å². The van der Waals surface area contributed by atoms with Gasteiger partial charge in [-0.2, -0.15) is 0 Å². The number of fused-ring (bicyclic) bond motifs is 12. The average molecular weight is 897 g/mol.